The summed E-state index contributed by atoms with van der Waals surface area (Å²) in [6.45, 7) is 0. The van der Waals surface area contributed by atoms with Crippen molar-refractivity contribution >= 4 is 29.0 Å². The number of rotatable bonds is 7. The molecule has 0 spiro atoms. The minimum absolute atomic E-state index is 0.182. The van der Waals surface area contributed by atoms with Crippen LogP contribution in [0.1, 0.15) is 33.1 Å². The normalized spacial score (nSPS) is 13.1. The number of hydrogen-bond acceptors (Lipinski definition) is 6. The third-order valence-electron chi connectivity index (χ3n) is 6.82. The van der Waals surface area contributed by atoms with Crippen molar-refractivity contribution < 1.29 is 14.6 Å². The second-order valence-electron chi connectivity index (χ2n) is 9.26. The van der Waals surface area contributed by atoms with Crippen molar-refractivity contribution in [1.82, 2.24) is 20.2 Å². The topological polar surface area (TPSA) is 120 Å². The second-order valence-corrected chi connectivity index (χ2v) is 9.69. The first-order chi connectivity index (χ1) is 19.0. The summed E-state index contributed by atoms with van der Waals surface area (Å²) in [7, 11) is 0. The molecule has 1 atom stereocenters. The Morgan fingerprint density at radius 3 is 2.67 bits per heavy atom. The van der Waals surface area contributed by atoms with Crippen molar-refractivity contribution in [2.45, 2.75) is 18.8 Å². The zero-order valence-electron chi connectivity index (χ0n) is 20.5. The molecule has 1 aliphatic rings. The van der Waals surface area contributed by atoms with Crippen molar-refractivity contribution in [3.63, 3.8) is 0 Å². The number of carbonyl (C=O) groups is 1. The zero-order chi connectivity index (χ0) is 26.9. The molecule has 10 heteroatoms. The van der Waals surface area contributed by atoms with Gasteiger partial charge in [-0.1, -0.05) is 48.0 Å². The molecule has 0 saturated heterocycles. The third-order valence-corrected chi connectivity index (χ3v) is 7.05. The van der Waals surface area contributed by atoms with Crippen LogP contribution >= 0.6 is 11.6 Å². The number of benzene rings is 3. The zero-order valence-corrected chi connectivity index (χ0v) is 21.2. The molecule has 0 bridgehead atoms. The highest BCUT2D eigenvalue weighted by Gasteiger charge is 2.30. The molecule has 1 unspecified atom stereocenters. The Kier molecular flexibility index (Phi) is 6.34. The molecule has 1 N–H and O–H groups in total. The molecule has 1 aliphatic heterocycles. The van der Waals surface area contributed by atoms with Crippen LogP contribution in [-0.2, 0) is 12.8 Å². The second kappa shape index (κ2) is 10.1. The minimum atomic E-state index is -1.00. The van der Waals surface area contributed by atoms with Crippen LogP contribution < -0.4 is 4.73 Å². The number of aromatic carboxylic acids is 1. The number of hydrogen-bond donors (Lipinski definition) is 1. The monoisotopic (exact) mass is 536 g/mol. The van der Waals surface area contributed by atoms with E-state index in [1.54, 1.807) is 36.4 Å². The van der Waals surface area contributed by atoms with Gasteiger partial charge in [-0.3, -0.25) is 4.99 Å². The molecular weight excluding hydrogens is 516 g/mol. The van der Waals surface area contributed by atoms with Gasteiger partial charge in [0.15, 0.2) is 6.20 Å². The molecule has 0 aliphatic carbocycles. The molecule has 39 heavy (non-hydrogen) atoms. The average molecular weight is 537 g/mol. The van der Waals surface area contributed by atoms with Gasteiger partial charge < -0.3 is 10.3 Å². The number of tetrazole rings is 1. The van der Waals surface area contributed by atoms with Gasteiger partial charge in [-0.2, -0.15) is 9.41 Å². The summed E-state index contributed by atoms with van der Waals surface area (Å²) in [5.41, 5.74) is 6.20. The van der Waals surface area contributed by atoms with Gasteiger partial charge in [-0.15, -0.1) is 5.10 Å². The maximum atomic E-state index is 13.6. The molecule has 3 aromatic carbocycles. The summed E-state index contributed by atoms with van der Waals surface area (Å²) in [5.74, 6) is -1.32. The van der Waals surface area contributed by atoms with Gasteiger partial charge in [0.05, 0.1) is 22.9 Å². The van der Waals surface area contributed by atoms with E-state index in [0.717, 1.165) is 21.6 Å². The molecule has 192 valence electrons. The first kappa shape index (κ1) is 24.4. The molecule has 5 aromatic rings. The van der Waals surface area contributed by atoms with E-state index in [-0.39, 0.29) is 11.5 Å². The van der Waals surface area contributed by atoms with Crippen LogP contribution in [0.3, 0.4) is 0 Å². The summed E-state index contributed by atoms with van der Waals surface area (Å²) in [6, 6.07) is 23.9. The van der Waals surface area contributed by atoms with Crippen LogP contribution in [0.2, 0.25) is 5.02 Å². The fraction of sp³-hybridized carbons (Fsp3) is 0.103. The van der Waals surface area contributed by atoms with Crippen LogP contribution in [-0.4, -0.2) is 37.0 Å². The Hall–Kier alpha value is -4.89. The molecule has 0 amide bonds. The molecule has 3 heterocycles. The first-order valence-corrected chi connectivity index (χ1v) is 12.6. The quantitative estimate of drug-likeness (QED) is 0.231. The van der Waals surface area contributed by atoms with Crippen LogP contribution in [0.5, 0.6) is 0 Å². The third kappa shape index (κ3) is 4.87. The maximum absolute atomic E-state index is 13.6. The standard InChI is InChI=1S/C29H21ClN6O3/c30-22-9-11-27(35-17-31-33-34-35)23(15-22)21-8-10-28(36(39)16-21)24(12-18-4-2-1-3-5-18)26-13-19-6-7-20(29(37)38)14-25(19)32-26/h1-11,14-17,24H,12-13H2,(H,37,38). The van der Waals surface area contributed by atoms with Gasteiger partial charge in [0, 0.05) is 34.3 Å². The van der Waals surface area contributed by atoms with Crippen LogP contribution in [0.15, 0.2) is 96.4 Å². The summed E-state index contributed by atoms with van der Waals surface area (Å²) in [4.78, 5) is 16.3. The number of aromatic nitrogens is 5. The summed E-state index contributed by atoms with van der Waals surface area (Å²) in [5, 5.41) is 34.9. The van der Waals surface area contributed by atoms with Gasteiger partial charge in [-0.05, 0) is 64.4 Å². The highest BCUT2D eigenvalue weighted by Crippen LogP contribution is 2.35. The number of fused-ring (bicyclic) bond motifs is 1. The van der Waals surface area contributed by atoms with Crippen molar-refractivity contribution in [1.29, 1.82) is 0 Å². The number of halogens is 1. The van der Waals surface area contributed by atoms with Gasteiger partial charge in [0.1, 0.15) is 6.33 Å². The molecule has 2 aromatic heterocycles. The van der Waals surface area contributed by atoms with E-state index in [9.17, 15) is 15.1 Å². The van der Waals surface area contributed by atoms with Gasteiger partial charge in [0.25, 0.3) is 0 Å². The van der Waals surface area contributed by atoms with Gasteiger partial charge in [0.2, 0.25) is 5.69 Å². The number of pyridine rings is 1. The van der Waals surface area contributed by atoms with E-state index in [2.05, 4.69) is 15.5 Å². The van der Waals surface area contributed by atoms with Crippen molar-refractivity contribution in [3.05, 3.63) is 124 Å². The van der Waals surface area contributed by atoms with E-state index in [4.69, 9.17) is 16.6 Å². The van der Waals surface area contributed by atoms with E-state index < -0.39 is 5.97 Å². The van der Waals surface area contributed by atoms with Crippen molar-refractivity contribution in [2.75, 3.05) is 0 Å². The first-order valence-electron chi connectivity index (χ1n) is 12.2. The fourth-order valence-corrected chi connectivity index (χ4v) is 5.09. The lowest BCUT2D eigenvalue weighted by Gasteiger charge is -2.18. The highest BCUT2D eigenvalue weighted by molar-refractivity contribution is 6.31. The number of carboxylic acids is 1. The van der Waals surface area contributed by atoms with Crippen molar-refractivity contribution in [2.24, 2.45) is 4.99 Å². The van der Waals surface area contributed by atoms with E-state index >= 15 is 0 Å². The Labute approximate surface area is 228 Å². The average Bonchev–Trinajstić information content (AvgIpc) is 3.62. The molecule has 0 fully saturated rings. The van der Waals surface area contributed by atoms with Crippen molar-refractivity contribution in [3.8, 4) is 16.8 Å². The van der Waals surface area contributed by atoms with E-state index in [0.29, 0.717) is 46.1 Å². The lowest BCUT2D eigenvalue weighted by atomic mass is 9.88. The summed E-state index contributed by atoms with van der Waals surface area (Å²) in [6.07, 6.45) is 4.10. The number of nitrogens with zero attached hydrogens (tertiary/aromatic N) is 6. The minimum Gasteiger partial charge on any atom is -0.618 e. The SMILES string of the molecule is O=C(O)c1ccc2c(c1)N=C(C(Cc1ccccc1)c1ccc(-c3cc(Cl)ccc3-n3cnnn3)c[n+]1[O-])C2. The maximum Gasteiger partial charge on any atom is 0.335 e. The lowest BCUT2D eigenvalue weighted by molar-refractivity contribution is -0.614. The molecule has 6 rings (SSSR count). The van der Waals surface area contributed by atoms with E-state index in [1.807, 2.05) is 42.5 Å². The Balaban J connectivity index is 1.41. The molecule has 0 radical (unpaired) electrons. The molecular formula is C29H21ClN6O3. The Bertz CT molecular complexity index is 1720. The van der Waals surface area contributed by atoms with Crippen LogP contribution in [0, 0.1) is 5.21 Å². The summed E-state index contributed by atoms with van der Waals surface area (Å²) < 4.78 is 2.39. The smallest absolute Gasteiger partial charge is 0.335 e. The van der Waals surface area contributed by atoms with Gasteiger partial charge >= 0.3 is 5.97 Å². The highest BCUT2D eigenvalue weighted by atomic mass is 35.5. The van der Waals surface area contributed by atoms with Gasteiger partial charge in [-0.25, -0.2) is 4.79 Å². The van der Waals surface area contributed by atoms with Crippen LogP contribution in [0.25, 0.3) is 16.8 Å². The predicted octanol–water partition coefficient (Wildman–Crippen LogP) is 4.97. The Morgan fingerprint density at radius 2 is 1.92 bits per heavy atom. The van der Waals surface area contributed by atoms with Crippen LogP contribution in [0.4, 0.5) is 5.69 Å². The molecule has 0 saturated carbocycles. The Morgan fingerprint density at radius 1 is 1.08 bits per heavy atom. The lowest BCUT2D eigenvalue weighted by Crippen LogP contribution is -2.36. The number of aliphatic imine (C=N–C) groups is 1. The summed E-state index contributed by atoms with van der Waals surface area (Å²) >= 11 is 6.30. The fourth-order valence-electron chi connectivity index (χ4n) is 4.92. The molecule has 9 nitrogen and oxygen atoms in total. The van der Waals surface area contributed by atoms with E-state index in [1.165, 1.54) is 17.2 Å². The predicted molar refractivity (Wildman–Crippen MR) is 146 cm³/mol. The number of carboxylic acid groups (broad SMARTS) is 1. The largest absolute Gasteiger partial charge is 0.618 e.